The summed E-state index contributed by atoms with van der Waals surface area (Å²) in [5.74, 6) is 0.668. The van der Waals surface area contributed by atoms with Crippen LogP contribution in [0.4, 0.5) is 5.69 Å². The van der Waals surface area contributed by atoms with Crippen LogP contribution in [0, 0.1) is 6.92 Å². The van der Waals surface area contributed by atoms with Gasteiger partial charge in [0.1, 0.15) is 5.82 Å². The highest BCUT2D eigenvalue weighted by Crippen LogP contribution is 2.18. The number of hydrogen-bond donors (Lipinski definition) is 1. The zero-order valence-electron chi connectivity index (χ0n) is 12.9. The lowest BCUT2D eigenvalue weighted by Gasteiger charge is -2.14. The SMILES string of the molecule is COC(=O)c1ccc(NCc2nccn2C(C)C)c(C)c1. The Kier molecular flexibility index (Phi) is 4.62. The van der Waals surface area contributed by atoms with Crippen molar-refractivity contribution >= 4 is 11.7 Å². The van der Waals surface area contributed by atoms with Crippen LogP contribution in [0.15, 0.2) is 30.6 Å². The summed E-state index contributed by atoms with van der Waals surface area (Å²) in [6.07, 6.45) is 3.79. The number of benzene rings is 1. The molecule has 1 aromatic heterocycles. The van der Waals surface area contributed by atoms with Gasteiger partial charge in [-0.2, -0.15) is 0 Å². The lowest BCUT2D eigenvalue weighted by atomic mass is 10.1. The Hall–Kier alpha value is -2.30. The molecule has 0 bridgehead atoms. The number of esters is 1. The van der Waals surface area contributed by atoms with E-state index in [9.17, 15) is 4.79 Å². The molecule has 0 saturated heterocycles. The van der Waals surface area contributed by atoms with Crippen LogP contribution in [-0.4, -0.2) is 22.6 Å². The molecular formula is C16H21N3O2. The number of carbonyl (C=O) groups excluding carboxylic acids is 1. The minimum atomic E-state index is -0.319. The number of aromatic nitrogens is 2. The van der Waals surface area contributed by atoms with Gasteiger partial charge in [0.05, 0.1) is 19.2 Å². The number of aryl methyl sites for hydroxylation is 1. The van der Waals surface area contributed by atoms with Crippen LogP contribution in [0.5, 0.6) is 0 Å². The monoisotopic (exact) mass is 287 g/mol. The lowest BCUT2D eigenvalue weighted by Crippen LogP contribution is -2.11. The minimum Gasteiger partial charge on any atom is -0.465 e. The van der Waals surface area contributed by atoms with Crippen LogP contribution in [-0.2, 0) is 11.3 Å². The van der Waals surface area contributed by atoms with Crippen molar-refractivity contribution < 1.29 is 9.53 Å². The Morgan fingerprint density at radius 3 is 2.81 bits per heavy atom. The molecule has 0 spiro atoms. The Morgan fingerprint density at radius 1 is 1.43 bits per heavy atom. The average Bonchev–Trinajstić information content (AvgIpc) is 2.93. The van der Waals surface area contributed by atoms with Crippen LogP contribution < -0.4 is 5.32 Å². The summed E-state index contributed by atoms with van der Waals surface area (Å²) in [5.41, 5.74) is 2.55. The number of nitrogens with one attached hydrogen (secondary N) is 1. The van der Waals surface area contributed by atoms with Gasteiger partial charge in [0.25, 0.3) is 0 Å². The van der Waals surface area contributed by atoms with Gasteiger partial charge in [0, 0.05) is 24.1 Å². The molecule has 0 unspecified atom stereocenters. The van der Waals surface area contributed by atoms with Crippen LogP contribution in [0.1, 0.15) is 41.6 Å². The second-order valence-electron chi connectivity index (χ2n) is 5.22. The molecule has 5 nitrogen and oxygen atoms in total. The molecule has 0 radical (unpaired) electrons. The molecule has 0 saturated carbocycles. The molecule has 0 aliphatic heterocycles. The van der Waals surface area contributed by atoms with Gasteiger partial charge < -0.3 is 14.6 Å². The van der Waals surface area contributed by atoms with E-state index in [1.807, 2.05) is 31.5 Å². The van der Waals surface area contributed by atoms with Crippen molar-refractivity contribution in [2.75, 3.05) is 12.4 Å². The highest BCUT2D eigenvalue weighted by molar-refractivity contribution is 5.90. The van der Waals surface area contributed by atoms with Gasteiger partial charge in [0.2, 0.25) is 0 Å². The molecule has 0 atom stereocenters. The summed E-state index contributed by atoms with van der Waals surface area (Å²) in [6, 6.07) is 5.86. The fourth-order valence-corrected chi connectivity index (χ4v) is 2.23. The number of nitrogens with zero attached hydrogens (tertiary/aromatic N) is 2. The van der Waals surface area contributed by atoms with Crippen molar-refractivity contribution in [2.45, 2.75) is 33.4 Å². The summed E-state index contributed by atoms with van der Waals surface area (Å²) < 4.78 is 6.85. The molecule has 2 rings (SSSR count). The fourth-order valence-electron chi connectivity index (χ4n) is 2.23. The molecule has 0 aliphatic rings. The first-order valence-electron chi connectivity index (χ1n) is 6.97. The van der Waals surface area contributed by atoms with Crippen LogP contribution >= 0.6 is 0 Å². The lowest BCUT2D eigenvalue weighted by molar-refractivity contribution is 0.0600. The van der Waals surface area contributed by atoms with Gasteiger partial charge in [-0.25, -0.2) is 9.78 Å². The maximum atomic E-state index is 11.5. The second kappa shape index (κ2) is 6.43. The van der Waals surface area contributed by atoms with Crippen LogP contribution in [0.25, 0.3) is 0 Å². The second-order valence-corrected chi connectivity index (χ2v) is 5.22. The third-order valence-electron chi connectivity index (χ3n) is 3.39. The predicted octanol–water partition coefficient (Wildman–Crippen LogP) is 3.17. The quantitative estimate of drug-likeness (QED) is 0.858. The first-order chi connectivity index (χ1) is 10.0. The zero-order chi connectivity index (χ0) is 15.4. The van der Waals surface area contributed by atoms with E-state index in [1.165, 1.54) is 7.11 Å². The third-order valence-corrected chi connectivity index (χ3v) is 3.39. The number of carbonyl (C=O) groups is 1. The van der Waals surface area contributed by atoms with E-state index in [-0.39, 0.29) is 5.97 Å². The Balaban J connectivity index is 2.10. The summed E-state index contributed by atoms with van der Waals surface area (Å²) in [5, 5.41) is 3.36. The van der Waals surface area contributed by atoms with Gasteiger partial charge in [-0.15, -0.1) is 0 Å². The molecule has 0 aliphatic carbocycles. The van der Waals surface area contributed by atoms with Crippen molar-refractivity contribution in [3.8, 4) is 0 Å². The van der Waals surface area contributed by atoms with E-state index in [2.05, 4.69) is 28.7 Å². The minimum absolute atomic E-state index is 0.319. The molecule has 0 fully saturated rings. The number of rotatable bonds is 5. The zero-order valence-corrected chi connectivity index (χ0v) is 12.9. The molecule has 5 heteroatoms. The topological polar surface area (TPSA) is 56.1 Å². The molecule has 2 aromatic rings. The van der Waals surface area contributed by atoms with Crippen molar-refractivity contribution in [2.24, 2.45) is 0 Å². The first kappa shape index (κ1) is 15.1. The molecule has 0 amide bonds. The van der Waals surface area contributed by atoms with Crippen molar-refractivity contribution in [1.82, 2.24) is 9.55 Å². The third kappa shape index (κ3) is 3.42. The number of methoxy groups -OCH3 is 1. The first-order valence-corrected chi connectivity index (χ1v) is 6.97. The Labute approximate surface area is 125 Å². The number of hydrogen-bond acceptors (Lipinski definition) is 4. The largest absolute Gasteiger partial charge is 0.465 e. The summed E-state index contributed by atoms with van der Waals surface area (Å²) in [6.45, 7) is 6.86. The summed E-state index contributed by atoms with van der Waals surface area (Å²) >= 11 is 0. The summed E-state index contributed by atoms with van der Waals surface area (Å²) in [4.78, 5) is 15.9. The molecule has 1 heterocycles. The van der Waals surface area contributed by atoms with E-state index in [1.54, 1.807) is 6.07 Å². The molecule has 21 heavy (non-hydrogen) atoms. The smallest absolute Gasteiger partial charge is 0.337 e. The maximum Gasteiger partial charge on any atom is 0.337 e. The van der Waals surface area contributed by atoms with E-state index in [0.29, 0.717) is 18.2 Å². The highest BCUT2D eigenvalue weighted by atomic mass is 16.5. The maximum absolute atomic E-state index is 11.5. The molecule has 112 valence electrons. The summed E-state index contributed by atoms with van der Waals surface area (Å²) in [7, 11) is 1.38. The van der Waals surface area contributed by atoms with Gasteiger partial charge in [-0.05, 0) is 44.5 Å². The van der Waals surface area contributed by atoms with Crippen molar-refractivity contribution in [3.63, 3.8) is 0 Å². The number of ether oxygens (including phenoxy) is 1. The normalized spacial score (nSPS) is 10.7. The van der Waals surface area contributed by atoms with Crippen molar-refractivity contribution in [3.05, 3.63) is 47.5 Å². The van der Waals surface area contributed by atoms with Gasteiger partial charge in [0.15, 0.2) is 0 Å². The van der Waals surface area contributed by atoms with Crippen molar-refractivity contribution in [1.29, 1.82) is 0 Å². The Bertz CT molecular complexity index is 632. The van der Waals surface area contributed by atoms with E-state index < -0.39 is 0 Å². The standard InChI is InChI=1S/C16H21N3O2/c1-11(2)19-8-7-17-15(19)10-18-14-6-5-13(9-12(14)3)16(20)21-4/h5-9,11,18H,10H2,1-4H3. The highest BCUT2D eigenvalue weighted by Gasteiger charge is 2.09. The van der Waals surface area contributed by atoms with Crippen LogP contribution in [0.2, 0.25) is 0 Å². The molecule has 1 N–H and O–H groups in total. The molecular weight excluding hydrogens is 266 g/mol. The van der Waals surface area contributed by atoms with E-state index >= 15 is 0 Å². The van der Waals surface area contributed by atoms with E-state index in [4.69, 9.17) is 4.74 Å². The Morgan fingerprint density at radius 2 is 2.19 bits per heavy atom. The van der Waals surface area contributed by atoms with E-state index in [0.717, 1.165) is 17.1 Å². The predicted molar refractivity (Wildman–Crippen MR) is 82.5 cm³/mol. The van der Waals surface area contributed by atoms with Gasteiger partial charge in [-0.3, -0.25) is 0 Å². The number of anilines is 1. The van der Waals surface area contributed by atoms with Gasteiger partial charge in [-0.1, -0.05) is 0 Å². The van der Waals surface area contributed by atoms with Crippen LogP contribution in [0.3, 0.4) is 0 Å². The molecule has 1 aromatic carbocycles. The average molecular weight is 287 g/mol. The fraction of sp³-hybridized carbons (Fsp3) is 0.375. The number of imidazole rings is 1. The van der Waals surface area contributed by atoms with Gasteiger partial charge >= 0.3 is 5.97 Å².